The maximum atomic E-state index is 7.20. The molecule has 0 saturated carbocycles. The second-order valence-corrected chi connectivity index (χ2v) is 17.5. The Labute approximate surface area is 400 Å². The van der Waals surface area contributed by atoms with Crippen LogP contribution in [0.15, 0.2) is 249 Å². The number of aromatic nitrogens is 3. The molecule has 0 spiro atoms. The first-order chi connectivity index (χ1) is 34.2. The van der Waals surface area contributed by atoms with Crippen molar-refractivity contribution in [3.05, 3.63) is 271 Å². The number of nitrogens with zero attached hydrogens (tertiary/aromatic N) is 3. The van der Waals surface area contributed by atoms with E-state index in [1.165, 1.54) is 16.7 Å². The first-order valence-corrected chi connectivity index (χ1v) is 23.2. The monoisotopic (exact) mass is 883 g/mol. The molecule has 1 aromatic heterocycles. The Morgan fingerprint density at radius 3 is 1.32 bits per heavy atom. The minimum Gasteiger partial charge on any atom is -0.449 e. The van der Waals surface area contributed by atoms with Crippen molar-refractivity contribution in [2.24, 2.45) is 0 Å². The minimum absolute atomic E-state index is 0.563. The van der Waals surface area contributed by atoms with Gasteiger partial charge in [0.15, 0.2) is 40.5 Å². The zero-order valence-corrected chi connectivity index (χ0v) is 37.3. The SMILES string of the molecule is c1ccc(-c2cccc(-c3nc(-c4ccc(-c5cccc6c5Oc5c(ccc7c5-c5ccccc5C7(c5ccccc5)c5ccccc5)O6)cc4)nc(-c4cccc(-c5ccccc5)c4)n3)c2)cc1. The van der Waals surface area contributed by atoms with E-state index in [1.807, 2.05) is 24.3 Å². The van der Waals surface area contributed by atoms with Crippen LogP contribution in [-0.4, -0.2) is 15.0 Å². The van der Waals surface area contributed by atoms with Gasteiger partial charge in [-0.2, -0.15) is 0 Å². The summed E-state index contributed by atoms with van der Waals surface area (Å²) in [6, 6.07) is 86.6. The topological polar surface area (TPSA) is 57.1 Å². The van der Waals surface area contributed by atoms with Crippen molar-refractivity contribution in [2.45, 2.75) is 5.41 Å². The van der Waals surface area contributed by atoms with Gasteiger partial charge in [-0.15, -0.1) is 0 Å². The molecule has 10 aromatic carbocycles. The van der Waals surface area contributed by atoms with Gasteiger partial charge in [0.25, 0.3) is 0 Å². The third-order valence-corrected chi connectivity index (χ3v) is 13.5. The lowest BCUT2D eigenvalue weighted by molar-refractivity contribution is 0.361. The molecule has 0 radical (unpaired) electrons. The smallest absolute Gasteiger partial charge is 0.178 e. The molecular formula is C64H41N3O2. The highest BCUT2D eigenvalue weighted by atomic mass is 16.6. The molecule has 324 valence electrons. The van der Waals surface area contributed by atoms with Gasteiger partial charge >= 0.3 is 0 Å². The summed E-state index contributed by atoms with van der Waals surface area (Å²) in [7, 11) is 0. The molecular weight excluding hydrogens is 843 g/mol. The third kappa shape index (κ3) is 6.82. The highest BCUT2D eigenvalue weighted by Gasteiger charge is 2.48. The molecule has 2 aliphatic rings. The Hall–Kier alpha value is -9.19. The maximum absolute atomic E-state index is 7.20. The molecule has 0 fully saturated rings. The normalized spacial score (nSPS) is 12.7. The van der Waals surface area contributed by atoms with Crippen molar-refractivity contribution in [3.63, 3.8) is 0 Å². The Morgan fingerprint density at radius 2 is 0.725 bits per heavy atom. The van der Waals surface area contributed by atoms with Crippen LogP contribution < -0.4 is 9.47 Å². The van der Waals surface area contributed by atoms with Gasteiger partial charge in [-0.05, 0) is 79.9 Å². The van der Waals surface area contributed by atoms with Crippen LogP contribution >= 0.6 is 0 Å². The lowest BCUT2D eigenvalue weighted by Gasteiger charge is -2.34. The average molecular weight is 884 g/mol. The molecule has 0 bridgehead atoms. The first kappa shape index (κ1) is 40.1. The molecule has 0 saturated heterocycles. The Bertz CT molecular complexity index is 3570. The highest BCUT2D eigenvalue weighted by molar-refractivity contribution is 5.92. The molecule has 0 unspecified atom stereocenters. The minimum atomic E-state index is -0.563. The number of hydrogen-bond donors (Lipinski definition) is 0. The third-order valence-electron chi connectivity index (χ3n) is 13.5. The Morgan fingerprint density at radius 1 is 0.275 bits per heavy atom. The molecule has 0 N–H and O–H groups in total. The Kier molecular flexibility index (Phi) is 9.65. The van der Waals surface area contributed by atoms with Gasteiger partial charge in [-0.25, -0.2) is 15.0 Å². The molecule has 1 aliphatic heterocycles. The summed E-state index contributed by atoms with van der Waals surface area (Å²) in [6.07, 6.45) is 0. The van der Waals surface area contributed by atoms with E-state index in [0.717, 1.165) is 66.8 Å². The largest absolute Gasteiger partial charge is 0.449 e. The zero-order valence-electron chi connectivity index (χ0n) is 37.3. The molecule has 13 rings (SSSR count). The Balaban J connectivity index is 0.902. The van der Waals surface area contributed by atoms with Crippen molar-refractivity contribution < 1.29 is 9.47 Å². The van der Waals surface area contributed by atoms with Gasteiger partial charge in [-0.1, -0.05) is 224 Å². The lowest BCUT2D eigenvalue weighted by Crippen LogP contribution is -2.28. The predicted octanol–water partition coefficient (Wildman–Crippen LogP) is 16.1. The number of fused-ring (bicyclic) bond motifs is 6. The molecule has 5 heteroatoms. The second kappa shape index (κ2) is 16.6. The fraction of sp³-hybridized carbons (Fsp3) is 0.0156. The highest BCUT2D eigenvalue weighted by Crippen LogP contribution is 2.62. The summed E-state index contributed by atoms with van der Waals surface area (Å²) in [6.45, 7) is 0. The molecule has 2 heterocycles. The van der Waals surface area contributed by atoms with E-state index >= 15 is 0 Å². The maximum Gasteiger partial charge on any atom is 0.178 e. The predicted molar refractivity (Wildman–Crippen MR) is 276 cm³/mol. The van der Waals surface area contributed by atoms with Crippen molar-refractivity contribution >= 4 is 0 Å². The van der Waals surface area contributed by atoms with E-state index in [4.69, 9.17) is 24.4 Å². The van der Waals surface area contributed by atoms with Crippen LogP contribution in [0.3, 0.4) is 0 Å². The summed E-state index contributed by atoms with van der Waals surface area (Å²) in [5.41, 5.74) is 15.4. The number of rotatable bonds is 8. The van der Waals surface area contributed by atoms with Crippen LogP contribution in [-0.2, 0) is 5.41 Å². The van der Waals surface area contributed by atoms with Crippen molar-refractivity contribution in [3.8, 4) is 102 Å². The number of hydrogen-bond acceptors (Lipinski definition) is 5. The lowest BCUT2D eigenvalue weighted by atomic mass is 9.68. The standard InChI is InChI=1S/C64H41N3O2/c1-5-18-42(19-6-1)46-22-15-24-48(40-46)62-65-61(66-63(67-62)49-25-16-23-47(41-49)43-20-7-2-8-21-43)45-36-34-44(35-37-45)52-31-17-33-56-59(52)69-60-57(68-56)39-38-55-58(60)53-30-13-14-32-54(53)64(55,50-26-9-3-10-27-50)51-28-11-4-12-29-51/h1-41H. The van der Waals surface area contributed by atoms with E-state index in [1.54, 1.807) is 0 Å². The molecule has 5 nitrogen and oxygen atoms in total. The average Bonchev–Trinajstić information content (AvgIpc) is 3.75. The van der Waals surface area contributed by atoms with Crippen LogP contribution in [0.1, 0.15) is 22.3 Å². The fourth-order valence-corrected chi connectivity index (χ4v) is 10.3. The van der Waals surface area contributed by atoms with Gasteiger partial charge in [0.05, 0.1) is 5.41 Å². The van der Waals surface area contributed by atoms with Crippen LogP contribution in [0.5, 0.6) is 23.0 Å². The zero-order chi connectivity index (χ0) is 45.7. The van der Waals surface area contributed by atoms with Gasteiger partial charge in [-0.3, -0.25) is 0 Å². The molecule has 0 amide bonds. The molecule has 1 aliphatic carbocycles. The van der Waals surface area contributed by atoms with E-state index in [9.17, 15) is 0 Å². The molecule has 69 heavy (non-hydrogen) atoms. The van der Waals surface area contributed by atoms with Gasteiger partial charge < -0.3 is 9.47 Å². The number of para-hydroxylation sites is 1. The number of ether oxygens (including phenoxy) is 2. The van der Waals surface area contributed by atoms with Crippen molar-refractivity contribution in [1.29, 1.82) is 0 Å². The summed E-state index contributed by atoms with van der Waals surface area (Å²) in [5.74, 6) is 4.50. The van der Waals surface area contributed by atoms with E-state index < -0.39 is 5.41 Å². The van der Waals surface area contributed by atoms with E-state index in [2.05, 4.69) is 224 Å². The molecule has 0 atom stereocenters. The summed E-state index contributed by atoms with van der Waals surface area (Å²) < 4.78 is 14.0. The van der Waals surface area contributed by atoms with Crippen LogP contribution in [0, 0.1) is 0 Å². The van der Waals surface area contributed by atoms with Gasteiger partial charge in [0.2, 0.25) is 0 Å². The second-order valence-electron chi connectivity index (χ2n) is 17.5. The van der Waals surface area contributed by atoms with Crippen molar-refractivity contribution in [2.75, 3.05) is 0 Å². The fourth-order valence-electron chi connectivity index (χ4n) is 10.3. The van der Waals surface area contributed by atoms with Crippen LogP contribution in [0.25, 0.3) is 78.7 Å². The molecule has 11 aromatic rings. The van der Waals surface area contributed by atoms with E-state index in [-0.39, 0.29) is 0 Å². The summed E-state index contributed by atoms with van der Waals surface area (Å²) in [4.78, 5) is 15.4. The van der Waals surface area contributed by atoms with Gasteiger partial charge in [0.1, 0.15) is 0 Å². The van der Waals surface area contributed by atoms with Gasteiger partial charge in [0, 0.05) is 27.8 Å². The quantitative estimate of drug-likeness (QED) is 0.152. The van der Waals surface area contributed by atoms with E-state index in [0.29, 0.717) is 40.5 Å². The summed E-state index contributed by atoms with van der Waals surface area (Å²) in [5, 5.41) is 0. The number of benzene rings is 10. The first-order valence-electron chi connectivity index (χ1n) is 23.2. The van der Waals surface area contributed by atoms with Crippen molar-refractivity contribution in [1.82, 2.24) is 15.0 Å². The van der Waals surface area contributed by atoms with Crippen LogP contribution in [0.2, 0.25) is 0 Å². The summed E-state index contributed by atoms with van der Waals surface area (Å²) >= 11 is 0. The van der Waals surface area contributed by atoms with Crippen LogP contribution in [0.4, 0.5) is 0 Å².